The Kier molecular flexibility index (Phi) is 12.7. The summed E-state index contributed by atoms with van der Waals surface area (Å²) in [5.41, 5.74) is 0.450. The molecule has 1 aliphatic heterocycles. The molecule has 6 nitrogen and oxygen atoms in total. The van der Waals surface area contributed by atoms with Gasteiger partial charge in [0.05, 0.1) is 10.6 Å². The molecule has 1 heterocycles. The van der Waals surface area contributed by atoms with Crippen molar-refractivity contribution in [1.82, 2.24) is 4.90 Å². The average molecular weight is 457 g/mol. The number of hydrogen-bond donors (Lipinski definition) is 0. The van der Waals surface area contributed by atoms with Gasteiger partial charge in [0.25, 0.3) is 5.91 Å². The second-order valence-corrected chi connectivity index (χ2v) is 9.94. The number of amides is 1. The number of amidine groups is 1. The van der Waals surface area contributed by atoms with Crippen LogP contribution in [0.3, 0.4) is 0 Å². The van der Waals surface area contributed by atoms with E-state index in [0.29, 0.717) is 24.1 Å². The molecule has 1 aliphatic rings. The van der Waals surface area contributed by atoms with Crippen molar-refractivity contribution in [2.45, 2.75) is 76.0 Å². The number of sulfone groups is 1. The Morgan fingerprint density at radius 2 is 1.45 bits per heavy atom. The minimum Gasteiger partial charge on any atom is -0.876 e. The zero-order valence-electron chi connectivity index (χ0n) is 19.1. The zero-order chi connectivity index (χ0) is 22.0. The maximum atomic E-state index is 12.6. The minimum absolute atomic E-state index is 0. The van der Waals surface area contributed by atoms with Crippen molar-refractivity contribution >= 4 is 21.6 Å². The fraction of sp³-hybridized carbons (Fsp3) is 0.565. The topological polar surface area (TPSA) is 89.9 Å². The molecule has 166 valence electrons. The van der Waals surface area contributed by atoms with Gasteiger partial charge in [-0.15, -0.1) is 6.26 Å². The van der Waals surface area contributed by atoms with Crippen molar-refractivity contribution in [2.24, 2.45) is 4.99 Å². The van der Waals surface area contributed by atoms with Crippen LogP contribution in [0.25, 0.3) is 0 Å². The number of aliphatic imine (C=N–C) groups is 1. The Labute approximate surface area is 209 Å². The predicted molar refractivity (Wildman–Crippen MR) is 118 cm³/mol. The van der Waals surface area contributed by atoms with Gasteiger partial charge in [-0.05, 0) is 30.7 Å². The quantitative estimate of drug-likeness (QED) is 0.190. The van der Waals surface area contributed by atoms with Gasteiger partial charge in [-0.1, -0.05) is 64.7 Å². The molecule has 31 heavy (non-hydrogen) atoms. The van der Waals surface area contributed by atoms with E-state index in [2.05, 4.69) is 11.9 Å². The first kappa shape index (κ1) is 27.9. The van der Waals surface area contributed by atoms with E-state index >= 15 is 0 Å². The number of carbonyl (C=O) groups is 1. The van der Waals surface area contributed by atoms with Gasteiger partial charge in [-0.3, -0.25) is 9.69 Å². The van der Waals surface area contributed by atoms with Gasteiger partial charge in [-0.2, -0.15) is 0 Å². The Morgan fingerprint density at radius 1 is 0.935 bits per heavy atom. The maximum absolute atomic E-state index is 12.6. The van der Waals surface area contributed by atoms with Gasteiger partial charge in [0.15, 0.2) is 9.84 Å². The monoisotopic (exact) mass is 456 g/mol. The van der Waals surface area contributed by atoms with Crippen LogP contribution in [-0.4, -0.2) is 37.9 Å². The second-order valence-electron chi connectivity index (χ2n) is 7.83. The van der Waals surface area contributed by atoms with Gasteiger partial charge in [-0.25, -0.2) is 13.4 Å². The third kappa shape index (κ3) is 8.37. The van der Waals surface area contributed by atoms with Crippen molar-refractivity contribution in [1.29, 1.82) is 0 Å². The molecule has 0 saturated carbocycles. The zero-order valence-corrected chi connectivity index (χ0v) is 21.9. The molecule has 0 spiro atoms. The van der Waals surface area contributed by atoms with E-state index in [1.165, 1.54) is 56.9 Å². The summed E-state index contributed by atoms with van der Waals surface area (Å²) in [5, 5.41) is 10.9. The summed E-state index contributed by atoms with van der Waals surface area (Å²) in [6.07, 6.45) is 12.0. The molecule has 0 unspecified atom stereocenters. The Bertz CT molecular complexity index is 864. The van der Waals surface area contributed by atoms with Gasteiger partial charge >= 0.3 is 29.6 Å². The summed E-state index contributed by atoms with van der Waals surface area (Å²) in [6.45, 7) is 2.22. The van der Waals surface area contributed by atoms with Crippen LogP contribution in [-0.2, 0) is 14.6 Å². The molecule has 1 aromatic rings. The molecule has 0 atom stereocenters. The third-order valence-corrected chi connectivity index (χ3v) is 7.23. The number of hydrogen-bond acceptors (Lipinski definition) is 5. The molecule has 0 N–H and O–H groups in total. The molecule has 0 aromatic heterocycles. The van der Waals surface area contributed by atoms with Crippen LogP contribution >= 0.6 is 0 Å². The van der Waals surface area contributed by atoms with Gasteiger partial charge < -0.3 is 5.11 Å². The number of rotatable bonds is 13. The number of carbonyl (C=O) groups excluding carboxylic acids is 1. The van der Waals surface area contributed by atoms with Crippen molar-refractivity contribution in [3.63, 3.8) is 0 Å². The van der Waals surface area contributed by atoms with E-state index in [4.69, 9.17) is 0 Å². The first-order chi connectivity index (χ1) is 14.4. The van der Waals surface area contributed by atoms with Crippen LogP contribution < -0.4 is 34.7 Å². The summed E-state index contributed by atoms with van der Waals surface area (Å²) in [7, 11) is -1.79. The molecule has 0 bridgehead atoms. The van der Waals surface area contributed by atoms with Crippen molar-refractivity contribution in [3.05, 3.63) is 41.8 Å². The number of likely N-dealkylation sites (N-methyl/N-ethyl adjacent to an activating group) is 1. The molecule has 0 radical (unpaired) electrons. The van der Waals surface area contributed by atoms with Gasteiger partial charge in [0.1, 0.15) is 11.5 Å². The largest absolute Gasteiger partial charge is 1.00 e. The van der Waals surface area contributed by atoms with Gasteiger partial charge in [0, 0.05) is 12.6 Å². The van der Waals surface area contributed by atoms with Crippen molar-refractivity contribution in [2.75, 3.05) is 12.8 Å². The molecule has 0 aliphatic carbocycles. The first-order valence-electron chi connectivity index (χ1n) is 10.9. The van der Waals surface area contributed by atoms with Crippen LogP contribution in [0.4, 0.5) is 0 Å². The normalized spacial score (nSPS) is 15.3. The van der Waals surface area contributed by atoms with Crippen LogP contribution in [0.5, 0.6) is 0 Å². The molecule has 0 fully saturated rings. The van der Waals surface area contributed by atoms with Crippen LogP contribution in [0.15, 0.2) is 46.1 Å². The van der Waals surface area contributed by atoms with E-state index in [-0.39, 0.29) is 45.9 Å². The van der Waals surface area contributed by atoms with Crippen LogP contribution in [0.2, 0.25) is 0 Å². The SMILES string of the molecule is CCCCCCCCCCCCS(=O)(=O)c1ccc(C2=N/C(=C\[O-])C(=O)N2C)cc1.[Na+]. The van der Waals surface area contributed by atoms with E-state index in [0.717, 1.165) is 12.8 Å². The molecule has 2 rings (SSSR count). The molecule has 8 heteroatoms. The van der Waals surface area contributed by atoms with Crippen LogP contribution in [0.1, 0.15) is 76.7 Å². The first-order valence-corrected chi connectivity index (χ1v) is 12.6. The standard InChI is InChI=1S/C23H34N2O4S.Na/c1-3-4-5-6-7-8-9-10-11-12-17-30(28,29)20-15-13-19(14-16-20)22-24-21(18-26)23(27)25(22)2;/h13-16,18,26H,3-12,17H2,1-2H3;/q;+1/p-1/b21-18-;. The summed E-state index contributed by atoms with van der Waals surface area (Å²) < 4.78 is 25.1. The summed E-state index contributed by atoms with van der Waals surface area (Å²) in [5.74, 6) is 0.0315. The van der Waals surface area contributed by atoms with Crippen molar-refractivity contribution in [3.8, 4) is 0 Å². The summed E-state index contributed by atoms with van der Waals surface area (Å²) in [6, 6.07) is 6.34. The molecule has 0 saturated heterocycles. The summed E-state index contributed by atoms with van der Waals surface area (Å²) in [4.78, 5) is 17.5. The molecule has 1 amide bonds. The number of nitrogens with zero attached hydrogens (tertiary/aromatic N) is 2. The Morgan fingerprint density at radius 3 is 1.94 bits per heavy atom. The fourth-order valence-corrected chi connectivity index (χ4v) is 4.92. The number of unbranched alkanes of at least 4 members (excludes halogenated alkanes) is 9. The maximum Gasteiger partial charge on any atom is 1.00 e. The molecule has 1 aromatic carbocycles. The fourth-order valence-electron chi connectivity index (χ4n) is 3.55. The molecular weight excluding hydrogens is 423 g/mol. The second kappa shape index (κ2) is 14.1. The van der Waals surface area contributed by atoms with E-state index < -0.39 is 15.7 Å². The number of benzene rings is 1. The molecular formula is C23H33N2NaO4S. The summed E-state index contributed by atoms with van der Waals surface area (Å²) >= 11 is 0. The smallest absolute Gasteiger partial charge is 0.876 e. The van der Waals surface area contributed by atoms with Crippen molar-refractivity contribution < 1.29 is 47.9 Å². The van der Waals surface area contributed by atoms with E-state index in [1.54, 1.807) is 24.3 Å². The average Bonchev–Trinajstić information content (AvgIpc) is 3.03. The Hall–Kier alpha value is -1.15. The third-order valence-electron chi connectivity index (χ3n) is 5.42. The van der Waals surface area contributed by atoms with Gasteiger partial charge in [0.2, 0.25) is 0 Å². The van der Waals surface area contributed by atoms with E-state index in [9.17, 15) is 18.3 Å². The van der Waals surface area contributed by atoms with Crippen LogP contribution in [0, 0.1) is 0 Å². The van der Waals surface area contributed by atoms with E-state index in [1.807, 2.05) is 0 Å². The predicted octanol–water partition coefficient (Wildman–Crippen LogP) is 0.806. The minimum atomic E-state index is -3.33. The Balaban J connectivity index is 0.00000480.